The zero-order valence-corrected chi connectivity index (χ0v) is 5.35. The van der Waals surface area contributed by atoms with Gasteiger partial charge in [-0.1, -0.05) is 0 Å². The molecule has 0 radical (unpaired) electrons. The maximum atomic E-state index is 9.60. The van der Waals surface area contributed by atoms with Gasteiger partial charge in [-0.15, -0.1) is 0 Å². The summed E-state index contributed by atoms with van der Waals surface area (Å²) in [6.07, 6.45) is -0.396. The van der Waals surface area contributed by atoms with Crippen molar-refractivity contribution in [1.82, 2.24) is 0 Å². The van der Waals surface area contributed by atoms with Gasteiger partial charge in [0.1, 0.15) is 6.42 Å². The van der Waals surface area contributed by atoms with Crippen LogP contribution >= 0.6 is 0 Å². The Labute approximate surface area is 60.5 Å². The zero-order valence-electron chi connectivity index (χ0n) is 5.35. The van der Waals surface area contributed by atoms with Crippen LogP contribution in [-0.2, 0) is 4.79 Å². The normalized spacial score (nSPS) is 7.27. The Balaban J connectivity index is 0. The quantitative estimate of drug-likeness (QED) is 0.370. The molecular formula is C3H6N2O6. The van der Waals surface area contributed by atoms with Crippen molar-refractivity contribution in [1.29, 1.82) is 0 Å². The molecule has 64 valence electrons. The first-order chi connectivity index (χ1) is 5.04. The lowest BCUT2D eigenvalue weighted by molar-refractivity contribution is -0.478. The van der Waals surface area contributed by atoms with Crippen molar-refractivity contribution in [3.63, 3.8) is 0 Å². The lowest BCUT2D eigenvalue weighted by Crippen LogP contribution is -2.53. The van der Waals surface area contributed by atoms with Crippen LogP contribution in [0.25, 0.3) is 0 Å². The van der Waals surface area contributed by atoms with E-state index in [2.05, 4.69) is 0 Å². The third-order valence-electron chi connectivity index (χ3n) is 0.508. The van der Waals surface area contributed by atoms with E-state index in [4.69, 9.17) is 15.2 Å². The highest BCUT2D eigenvalue weighted by Crippen LogP contribution is 1.77. The summed E-state index contributed by atoms with van der Waals surface area (Å²) >= 11 is 0. The van der Waals surface area contributed by atoms with Crippen LogP contribution in [0.1, 0.15) is 6.42 Å². The number of rotatable bonds is 3. The van der Waals surface area contributed by atoms with Crippen molar-refractivity contribution in [3.05, 3.63) is 20.2 Å². The Hall–Kier alpha value is -1.73. The Kier molecular flexibility index (Phi) is 9.02. The minimum absolute atomic E-state index is 0.250. The summed E-state index contributed by atoms with van der Waals surface area (Å²) in [6.45, 7) is -0.491. The number of carboxylic acids is 1. The molecule has 0 unspecified atom stereocenters. The maximum Gasteiger partial charge on any atom is 0.310 e. The van der Waals surface area contributed by atoms with E-state index in [-0.39, 0.29) is 5.34 Å². The minimum atomic E-state index is -1.14. The molecule has 8 nitrogen and oxygen atoms in total. The molecule has 0 rings (SSSR count). The molecule has 8 heteroatoms. The molecule has 0 aromatic rings. The summed E-state index contributed by atoms with van der Waals surface area (Å²) < 4.78 is 0. The van der Waals surface area contributed by atoms with Crippen LogP contribution in [0.4, 0.5) is 0 Å². The van der Waals surface area contributed by atoms with Gasteiger partial charge in [-0.05, 0) is 0 Å². The van der Waals surface area contributed by atoms with Crippen molar-refractivity contribution in [2.45, 2.75) is 6.42 Å². The molecule has 0 saturated heterocycles. The first kappa shape index (κ1) is 12.0. The summed E-state index contributed by atoms with van der Waals surface area (Å²) in [5, 5.41) is 25.7. The molecule has 0 aliphatic heterocycles. The number of aliphatic carboxylic acids is 1. The molecule has 0 atom stereocenters. The molecule has 0 amide bonds. The topological polar surface area (TPSA) is 135 Å². The molecule has 0 aromatic heterocycles. The molecule has 0 aromatic carbocycles. The fraction of sp³-hybridized carbons (Fsp3) is 0.667. The zero-order chi connectivity index (χ0) is 9.28. The Bertz CT molecular complexity index is 131. The average molecular weight is 166 g/mol. The molecule has 0 bridgehead atoms. The lowest BCUT2D eigenvalue weighted by Gasteiger charge is -1.84. The van der Waals surface area contributed by atoms with Gasteiger partial charge in [-0.2, -0.15) is 0 Å². The molecule has 0 aliphatic rings. The van der Waals surface area contributed by atoms with Gasteiger partial charge in [-0.25, -0.2) is 0 Å². The first-order valence-corrected chi connectivity index (χ1v) is 2.37. The second-order valence-electron chi connectivity index (χ2n) is 1.28. The monoisotopic (exact) mass is 166 g/mol. The van der Waals surface area contributed by atoms with E-state index in [0.29, 0.717) is 0 Å². The molecule has 11 heavy (non-hydrogen) atoms. The van der Waals surface area contributed by atoms with Gasteiger partial charge in [0.15, 0.2) is 0 Å². The highest BCUT2D eigenvalue weighted by molar-refractivity contribution is 5.66. The van der Waals surface area contributed by atoms with Crippen molar-refractivity contribution in [2.75, 3.05) is 6.54 Å². The number of carbonyl (C=O) groups is 1. The summed E-state index contributed by atoms with van der Waals surface area (Å²) in [6, 6.07) is 0. The third-order valence-corrected chi connectivity index (χ3v) is 0.508. The van der Waals surface area contributed by atoms with Crippen molar-refractivity contribution < 1.29 is 20.2 Å². The molecule has 0 aliphatic carbocycles. The number of carboxylic acid groups (broad SMARTS) is 1. The summed E-state index contributed by atoms with van der Waals surface area (Å²) in [5.41, 5.74) is 0. The van der Waals surface area contributed by atoms with Gasteiger partial charge >= 0.3 is 5.97 Å². The van der Waals surface area contributed by atoms with Gasteiger partial charge in [0.05, 0.1) is 0 Å². The Morgan fingerprint density at radius 3 is 2.09 bits per heavy atom. The van der Waals surface area contributed by atoms with Gasteiger partial charge in [-0.3, -0.25) is 25.0 Å². The van der Waals surface area contributed by atoms with E-state index >= 15 is 0 Å². The second-order valence-corrected chi connectivity index (χ2v) is 1.28. The molecule has 0 fully saturated rings. The predicted molar refractivity (Wildman–Crippen MR) is 31.8 cm³/mol. The summed E-state index contributed by atoms with van der Waals surface area (Å²) in [7, 11) is 0. The SMILES string of the molecule is O=C(O)CC[N+](=O)[O-].O=[NH+][O-]. The molecule has 0 heterocycles. The minimum Gasteiger partial charge on any atom is -0.481 e. The van der Waals surface area contributed by atoms with Gasteiger partial charge in [0, 0.05) is 10.3 Å². The van der Waals surface area contributed by atoms with Crippen molar-refractivity contribution in [3.8, 4) is 0 Å². The van der Waals surface area contributed by atoms with Gasteiger partial charge in [0.25, 0.3) is 0 Å². The third kappa shape index (κ3) is 30.4. The number of nitrogens with zero attached hydrogens (tertiary/aromatic N) is 1. The second kappa shape index (κ2) is 8.27. The van der Waals surface area contributed by atoms with Crippen molar-refractivity contribution >= 4 is 5.97 Å². The lowest BCUT2D eigenvalue weighted by atomic mass is 10.4. The highest BCUT2D eigenvalue weighted by Gasteiger charge is 2.01. The van der Waals surface area contributed by atoms with E-state index in [1.807, 2.05) is 0 Å². The molecular weight excluding hydrogens is 160 g/mol. The molecule has 2 N–H and O–H groups in total. The maximum absolute atomic E-state index is 9.60. The van der Waals surface area contributed by atoms with E-state index < -0.39 is 23.9 Å². The summed E-state index contributed by atoms with van der Waals surface area (Å²) in [4.78, 5) is 26.5. The fourth-order valence-corrected chi connectivity index (χ4v) is 0.187. The number of nitro groups is 1. The highest BCUT2D eigenvalue weighted by atomic mass is 16.6. The van der Waals surface area contributed by atoms with Crippen LogP contribution in [0.3, 0.4) is 0 Å². The number of nitrogens with one attached hydrogen (secondary N) is 1. The smallest absolute Gasteiger partial charge is 0.310 e. The summed E-state index contributed by atoms with van der Waals surface area (Å²) in [5.74, 6) is -1.14. The molecule has 0 saturated carbocycles. The number of hydrogen-bond acceptors (Lipinski definition) is 5. The van der Waals surface area contributed by atoms with E-state index in [9.17, 15) is 14.9 Å². The molecule has 0 spiro atoms. The standard InChI is InChI=1S/C3H5NO4.HNO2/c5-3(6)1-2-4(7)8;2-1-3/h1-2H2,(H,5,6);1H. The van der Waals surface area contributed by atoms with Crippen LogP contribution in [0.5, 0.6) is 0 Å². The van der Waals surface area contributed by atoms with E-state index in [1.54, 1.807) is 0 Å². The van der Waals surface area contributed by atoms with Crippen molar-refractivity contribution in [2.24, 2.45) is 0 Å². The average Bonchev–Trinajstić information content (AvgIpc) is 1.85. The van der Waals surface area contributed by atoms with Crippen LogP contribution in [0, 0.1) is 20.2 Å². The van der Waals surface area contributed by atoms with Crippen LogP contribution in [0.15, 0.2) is 0 Å². The van der Waals surface area contributed by atoms with Gasteiger partial charge < -0.3 is 5.11 Å². The van der Waals surface area contributed by atoms with Gasteiger partial charge in [0.2, 0.25) is 6.54 Å². The number of hydrogen-bond donors (Lipinski definition) is 2. The van der Waals surface area contributed by atoms with E-state index in [0.717, 1.165) is 0 Å². The Morgan fingerprint density at radius 2 is 2.00 bits per heavy atom. The fourth-order valence-electron chi connectivity index (χ4n) is 0.187. The van der Waals surface area contributed by atoms with Crippen LogP contribution in [-0.4, -0.2) is 22.5 Å². The largest absolute Gasteiger partial charge is 0.481 e. The van der Waals surface area contributed by atoms with Crippen LogP contribution in [0.2, 0.25) is 0 Å². The van der Waals surface area contributed by atoms with Crippen LogP contribution < -0.4 is 5.34 Å². The first-order valence-electron chi connectivity index (χ1n) is 2.37. The predicted octanol–water partition coefficient (Wildman–Crippen LogP) is -1.93. The van der Waals surface area contributed by atoms with E-state index in [1.165, 1.54) is 0 Å². The Morgan fingerprint density at radius 1 is 1.64 bits per heavy atom.